The van der Waals surface area contributed by atoms with Crippen molar-refractivity contribution < 1.29 is 5.11 Å². The molecule has 1 unspecified atom stereocenters. The summed E-state index contributed by atoms with van der Waals surface area (Å²) in [6.45, 7) is 4.30. The summed E-state index contributed by atoms with van der Waals surface area (Å²) in [4.78, 5) is 0. The zero-order chi connectivity index (χ0) is 12.8. The van der Waals surface area contributed by atoms with Crippen LogP contribution in [0.2, 0.25) is 0 Å². The predicted octanol–water partition coefficient (Wildman–Crippen LogP) is 2.54. The van der Waals surface area contributed by atoms with E-state index in [1.807, 2.05) is 0 Å². The zero-order valence-corrected chi connectivity index (χ0v) is 11.4. The van der Waals surface area contributed by atoms with E-state index in [9.17, 15) is 5.11 Å². The Morgan fingerprint density at radius 2 is 1.78 bits per heavy atom. The maximum absolute atomic E-state index is 10.2. The van der Waals surface area contributed by atoms with Crippen molar-refractivity contribution in [2.45, 2.75) is 45.1 Å². The van der Waals surface area contributed by atoms with Crippen molar-refractivity contribution in [3.8, 4) is 0 Å². The van der Waals surface area contributed by atoms with E-state index in [2.05, 4.69) is 36.5 Å². The highest BCUT2D eigenvalue weighted by Crippen LogP contribution is 2.20. The highest BCUT2D eigenvalue weighted by Gasteiger charge is 2.20. The number of nitrogens with one attached hydrogen (secondary N) is 1. The molecule has 1 heterocycles. The molecule has 18 heavy (non-hydrogen) atoms. The smallest absolute Gasteiger partial charge is 0.0572 e. The van der Waals surface area contributed by atoms with Crippen molar-refractivity contribution in [3.05, 3.63) is 35.4 Å². The Kier molecular flexibility index (Phi) is 5.21. The molecule has 0 aliphatic carbocycles. The molecule has 2 nitrogen and oxygen atoms in total. The molecule has 100 valence electrons. The molecule has 1 aliphatic rings. The van der Waals surface area contributed by atoms with Gasteiger partial charge in [-0.25, -0.2) is 0 Å². The van der Waals surface area contributed by atoms with Crippen molar-refractivity contribution in [3.63, 3.8) is 0 Å². The van der Waals surface area contributed by atoms with Gasteiger partial charge in [-0.1, -0.05) is 31.2 Å². The summed E-state index contributed by atoms with van der Waals surface area (Å²) < 4.78 is 0. The Hall–Kier alpha value is -0.860. The third kappa shape index (κ3) is 3.82. The summed E-state index contributed by atoms with van der Waals surface area (Å²) in [6.07, 6.45) is 5.10. The number of rotatable bonds is 5. The van der Waals surface area contributed by atoms with Gasteiger partial charge in [0.2, 0.25) is 0 Å². The van der Waals surface area contributed by atoms with Gasteiger partial charge in [-0.15, -0.1) is 0 Å². The summed E-state index contributed by atoms with van der Waals surface area (Å²) in [7, 11) is 0. The second-order valence-electron chi connectivity index (χ2n) is 5.36. The molecule has 0 spiro atoms. The molecular formula is C16H25NO. The number of hydrogen-bond acceptors (Lipinski definition) is 2. The van der Waals surface area contributed by atoms with E-state index in [-0.39, 0.29) is 6.10 Å². The van der Waals surface area contributed by atoms with Gasteiger partial charge in [-0.05, 0) is 62.2 Å². The lowest BCUT2D eigenvalue weighted by Gasteiger charge is -2.27. The summed E-state index contributed by atoms with van der Waals surface area (Å²) in [5.41, 5.74) is 2.73. The number of aliphatic hydroxyl groups is 1. The van der Waals surface area contributed by atoms with Crippen molar-refractivity contribution in [1.82, 2.24) is 5.32 Å². The molecule has 0 aromatic heterocycles. The average Bonchev–Trinajstić information content (AvgIpc) is 2.46. The maximum Gasteiger partial charge on any atom is 0.0572 e. The van der Waals surface area contributed by atoms with Gasteiger partial charge in [0.25, 0.3) is 0 Å². The first-order valence-electron chi connectivity index (χ1n) is 7.26. The van der Waals surface area contributed by atoms with Crippen molar-refractivity contribution in [1.29, 1.82) is 0 Å². The minimum absolute atomic E-state index is 0.127. The lowest BCUT2D eigenvalue weighted by Crippen LogP contribution is -2.34. The second kappa shape index (κ2) is 6.91. The van der Waals surface area contributed by atoms with Crippen molar-refractivity contribution in [2.75, 3.05) is 13.1 Å². The quantitative estimate of drug-likeness (QED) is 0.838. The minimum Gasteiger partial charge on any atom is -0.393 e. The van der Waals surface area contributed by atoms with Crippen LogP contribution in [-0.4, -0.2) is 24.3 Å². The van der Waals surface area contributed by atoms with E-state index < -0.39 is 0 Å². The summed E-state index contributed by atoms with van der Waals surface area (Å²) in [5, 5.41) is 13.6. The van der Waals surface area contributed by atoms with Crippen LogP contribution in [-0.2, 0) is 12.8 Å². The third-order valence-electron chi connectivity index (χ3n) is 4.09. The predicted molar refractivity (Wildman–Crippen MR) is 75.7 cm³/mol. The Labute approximate surface area is 110 Å². The van der Waals surface area contributed by atoms with Crippen LogP contribution in [0.1, 0.15) is 37.3 Å². The number of piperidine rings is 1. The first-order valence-corrected chi connectivity index (χ1v) is 7.26. The van der Waals surface area contributed by atoms with Crippen molar-refractivity contribution >= 4 is 0 Å². The molecule has 2 rings (SSSR count). The fourth-order valence-corrected chi connectivity index (χ4v) is 2.72. The van der Waals surface area contributed by atoms with Gasteiger partial charge < -0.3 is 10.4 Å². The van der Waals surface area contributed by atoms with Crippen LogP contribution < -0.4 is 5.32 Å². The molecule has 2 heteroatoms. The zero-order valence-electron chi connectivity index (χ0n) is 11.4. The Morgan fingerprint density at radius 1 is 1.17 bits per heavy atom. The maximum atomic E-state index is 10.2. The van der Waals surface area contributed by atoms with Gasteiger partial charge in [0.1, 0.15) is 0 Å². The van der Waals surface area contributed by atoms with Gasteiger partial charge in [0, 0.05) is 0 Å². The topological polar surface area (TPSA) is 32.3 Å². The number of hydrogen-bond donors (Lipinski definition) is 2. The molecule has 0 amide bonds. The summed E-state index contributed by atoms with van der Waals surface area (Å²) >= 11 is 0. The standard InChI is InChI=1S/C16H25NO/c1-2-13-3-5-14(6-4-13)7-8-16(18)15-9-11-17-12-10-15/h3-6,15-18H,2,7-12H2,1H3. The Balaban J connectivity index is 1.78. The molecular weight excluding hydrogens is 222 g/mol. The van der Waals surface area contributed by atoms with Crippen LogP contribution in [0.4, 0.5) is 0 Å². The lowest BCUT2D eigenvalue weighted by atomic mass is 9.89. The molecule has 1 atom stereocenters. The molecule has 0 saturated carbocycles. The number of benzene rings is 1. The van der Waals surface area contributed by atoms with Gasteiger partial charge in [-0.3, -0.25) is 0 Å². The molecule has 2 N–H and O–H groups in total. The van der Waals surface area contributed by atoms with Crippen LogP contribution >= 0.6 is 0 Å². The third-order valence-corrected chi connectivity index (χ3v) is 4.09. The highest BCUT2D eigenvalue weighted by molar-refractivity contribution is 5.22. The molecule has 0 radical (unpaired) electrons. The molecule has 0 bridgehead atoms. The van der Waals surface area contributed by atoms with Crippen LogP contribution in [0.15, 0.2) is 24.3 Å². The first-order chi connectivity index (χ1) is 8.79. The Morgan fingerprint density at radius 3 is 2.39 bits per heavy atom. The number of aryl methyl sites for hydroxylation is 2. The van der Waals surface area contributed by atoms with E-state index in [4.69, 9.17) is 0 Å². The van der Waals surface area contributed by atoms with E-state index in [1.54, 1.807) is 0 Å². The van der Waals surface area contributed by atoms with Crippen LogP contribution in [0, 0.1) is 5.92 Å². The van der Waals surface area contributed by atoms with Crippen molar-refractivity contribution in [2.24, 2.45) is 5.92 Å². The van der Waals surface area contributed by atoms with E-state index >= 15 is 0 Å². The normalized spacial score (nSPS) is 18.8. The van der Waals surface area contributed by atoms with Gasteiger partial charge in [0.05, 0.1) is 6.10 Å². The molecule has 1 aliphatic heterocycles. The Bertz CT molecular complexity index is 341. The minimum atomic E-state index is -0.127. The summed E-state index contributed by atoms with van der Waals surface area (Å²) in [6, 6.07) is 8.81. The first kappa shape index (κ1) is 13.6. The largest absolute Gasteiger partial charge is 0.393 e. The molecule has 1 saturated heterocycles. The van der Waals surface area contributed by atoms with Gasteiger partial charge in [0.15, 0.2) is 0 Å². The van der Waals surface area contributed by atoms with Crippen LogP contribution in [0.3, 0.4) is 0 Å². The van der Waals surface area contributed by atoms with E-state index in [0.29, 0.717) is 5.92 Å². The fourth-order valence-electron chi connectivity index (χ4n) is 2.72. The van der Waals surface area contributed by atoms with Gasteiger partial charge in [-0.2, -0.15) is 0 Å². The SMILES string of the molecule is CCc1ccc(CCC(O)C2CCNCC2)cc1. The van der Waals surface area contributed by atoms with E-state index in [1.165, 1.54) is 11.1 Å². The monoisotopic (exact) mass is 247 g/mol. The summed E-state index contributed by atoms with van der Waals surface area (Å²) in [5.74, 6) is 0.501. The lowest BCUT2D eigenvalue weighted by molar-refractivity contribution is 0.0813. The molecule has 1 aromatic carbocycles. The molecule has 1 fully saturated rings. The fraction of sp³-hybridized carbons (Fsp3) is 0.625. The van der Waals surface area contributed by atoms with Crippen LogP contribution in [0.25, 0.3) is 0 Å². The second-order valence-corrected chi connectivity index (χ2v) is 5.36. The van der Waals surface area contributed by atoms with Crippen LogP contribution in [0.5, 0.6) is 0 Å². The number of aliphatic hydroxyl groups excluding tert-OH is 1. The van der Waals surface area contributed by atoms with E-state index in [0.717, 1.165) is 45.2 Å². The molecule has 1 aromatic rings. The average molecular weight is 247 g/mol. The van der Waals surface area contributed by atoms with Gasteiger partial charge >= 0.3 is 0 Å². The highest BCUT2D eigenvalue weighted by atomic mass is 16.3.